The van der Waals surface area contributed by atoms with Gasteiger partial charge >= 0.3 is 0 Å². The smallest absolute Gasteiger partial charge is 0.118 e. The lowest BCUT2D eigenvalue weighted by Crippen LogP contribution is -2.50. The van der Waals surface area contributed by atoms with Crippen LogP contribution in [0.1, 0.15) is 59.8 Å². The predicted molar refractivity (Wildman–Crippen MR) is 68.2 cm³/mol. The average molecular weight is 239 g/mol. The molecule has 1 spiro atoms. The number of hydrogen-bond acceptors (Lipinski definition) is 3. The molecule has 0 atom stereocenters. The maximum absolute atomic E-state index is 9.98. The SMILES string of the molecule is CC(C)(O)C(C)(C)ONC1=CCC2(CC1)CC2. The van der Waals surface area contributed by atoms with Crippen molar-refractivity contribution in [2.45, 2.75) is 71.0 Å². The van der Waals surface area contributed by atoms with E-state index in [-0.39, 0.29) is 0 Å². The highest BCUT2D eigenvalue weighted by Crippen LogP contribution is 2.55. The van der Waals surface area contributed by atoms with Crippen LogP contribution in [-0.2, 0) is 4.84 Å². The van der Waals surface area contributed by atoms with Gasteiger partial charge in [0.1, 0.15) is 5.60 Å². The first-order valence-electron chi connectivity index (χ1n) is 6.60. The second-order valence-corrected chi connectivity index (χ2v) is 6.71. The quantitative estimate of drug-likeness (QED) is 0.741. The van der Waals surface area contributed by atoms with E-state index in [1.807, 2.05) is 13.8 Å². The zero-order chi connectivity index (χ0) is 12.7. The molecule has 17 heavy (non-hydrogen) atoms. The molecule has 2 N–H and O–H groups in total. The van der Waals surface area contributed by atoms with Gasteiger partial charge < -0.3 is 5.11 Å². The average Bonchev–Trinajstić information content (AvgIpc) is 2.96. The molecule has 0 amide bonds. The van der Waals surface area contributed by atoms with Crippen LogP contribution >= 0.6 is 0 Å². The van der Waals surface area contributed by atoms with E-state index in [1.54, 1.807) is 13.8 Å². The Balaban J connectivity index is 1.84. The molecule has 2 rings (SSSR count). The Morgan fingerprint density at radius 1 is 1.24 bits per heavy atom. The lowest BCUT2D eigenvalue weighted by atomic mass is 9.89. The Labute approximate surface area is 104 Å². The third-order valence-corrected chi connectivity index (χ3v) is 4.57. The number of rotatable bonds is 4. The first-order chi connectivity index (χ1) is 7.74. The zero-order valence-corrected chi connectivity index (χ0v) is 11.5. The van der Waals surface area contributed by atoms with Crippen LogP contribution in [0.3, 0.4) is 0 Å². The molecule has 2 aliphatic carbocycles. The van der Waals surface area contributed by atoms with Crippen molar-refractivity contribution in [1.82, 2.24) is 5.48 Å². The number of aliphatic hydroxyl groups is 1. The summed E-state index contributed by atoms with van der Waals surface area (Å²) in [5, 5.41) is 9.98. The fraction of sp³-hybridized carbons (Fsp3) is 0.857. The van der Waals surface area contributed by atoms with Crippen LogP contribution in [0.4, 0.5) is 0 Å². The van der Waals surface area contributed by atoms with Gasteiger partial charge in [-0.2, -0.15) is 0 Å². The van der Waals surface area contributed by atoms with Crippen LogP contribution in [-0.4, -0.2) is 16.3 Å². The van der Waals surface area contributed by atoms with Crippen LogP contribution in [0, 0.1) is 5.41 Å². The minimum Gasteiger partial charge on any atom is -0.387 e. The Morgan fingerprint density at radius 3 is 2.29 bits per heavy atom. The van der Waals surface area contributed by atoms with Gasteiger partial charge in [-0.05, 0) is 65.2 Å². The summed E-state index contributed by atoms with van der Waals surface area (Å²) in [5.74, 6) is 0. The van der Waals surface area contributed by atoms with Crippen LogP contribution in [0.25, 0.3) is 0 Å². The van der Waals surface area contributed by atoms with E-state index in [2.05, 4.69) is 11.6 Å². The third kappa shape index (κ3) is 2.83. The first-order valence-corrected chi connectivity index (χ1v) is 6.60. The summed E-state index contributed by atoms with van der Waals surface area (Å²) in [6.45, 7) is 7.32. The first kappa shape index (κ1) is 12.9. The van der Waals surface area contributed by atoms with Crippen molar-refractivity contribution in [3.8, 4) is 0 Å². The molecule has 0 aromatic heterocycles. The highest BCUT2D eigenvalue weighted by atomic mass is 16.7. The lowest BCUT2D eigenvalue weighted by molar-refractivity contribution is -0.176. The van der Waals surface area contributed by atoms with E-state index in [9.17, 15) is 5.11 Å². The van der Waals surface area contributed by atoms with Crippen molar-refractivity contribution in [2.75, 3.05) is 0 Å². The largest absolute Gasteiger partial charge is 0.387 e. The van der Waals surface area contributed by atoms with Crippen molar-refractivity contribution in [3.63, 3.8) is 0 Å². The minimum atomic E-state index is -0.868. The van der Waals surface area contributed by atoms with Gasteiger partial charge in [0.05, 0.1) is 5.60 Å². The molecular weight excluding hydrogens is 214 g/mol. The predicted octanol–water partition coefficient (Wildman–Crippen LogP) is 2.91. The van der Waals surface area contributed by atoms with E-state index in [0.29, 0.717) is 5.41 Å². The molecule has 3 nitrogen and oxygen atoms in total. The molecule has 1 saturated carbocycles. The second kappa shape index (κ2) is 3.99. The molecule has 0 unspecified atom stereocenters. The van der Waals surface area contributed by atoms with Crippen LogP contribution in [0.5, 0.6) is 0 Å². The third-order valence-electron chi connectivity index (χ3n) is 4.57. The zero-order valence-electron chi connectivity index (χ0n) is 11.5. The molecule has 0 aromatic carbocycles. The highest BCUT2D eigenvalue weighted by Gasteiger charge is 2.43. The topological polar surface area (TPSA) is 41.5 Å². The van der Waals surface area contributed by atoms with E-state index in [1.165, 1.54) is 31.4 Å². The van der Waals surface area contributed by atoms with Crippen molar-refractivity contribution in [3.05, 3.63) is 11.8 Å². The summed E-state index contributed by atoms with van der Waals surface area (Å²) in [6.07, 6.45) is 8.58. The van der Waals surface area contributed by atoms with E-state index >= 15 is 0 Å². The minimum absolute atomic E-state index is 0.609. The molecule has 98 valence electrons. The van der Waals surface area contributed by atoms with E-state index in [4.69, 9.17) is 4.84 Å². The summed E-state index contributed by atoms with van der Waals surface area (Å²) in [5.41, 5.74) is 3.37. The molecular formula is C14H25NO2. The summed E-state index contributed by atoms with van der Waals surface area (Å²) >= 11 is 0. The van der Waals surface area contributed by atoms with Gasteiger partial charge in [0.15, 0.2) is 0 Å². The number of allylic oxidation sites excluding steroid dienone is 2. The molecule has 3 heteroatoms. The molecule has 0 aliphatic heterocycles. The van der Waals surface area contributed by atoms with Gasteiger partial charge in [-0.25, -0.2) is 0 Å². The van der Waals surface area contributed by atoms with Crippen molar-refractivity contribution in [2.24, 2.45) is 5.41 Å². The molecule has 2 aliphatic rings. The van der Waals surface area contributed by atoms with Gasteiger partial charge in [-0.15, -0.1) is 0 Å². The van der Waals surface area contributed by atoms with Gasteiger partial charge in [0, 0.05) is 5.70 Å². The Bertz CT molecular complexity index is 322. The molecule has 0 heterocycles. The lowest BCUT2D eigenvalue weighted by Gasteiger charge is -2.37. The molecule has 0 radical (unpaired) electrons. The van der Waals surface area contributed by atoms with Crippen LogP contribution < -0.4 is 5.48 Å². The Morgan fingerprint density at radius 2 is 1.88 bits per heavy atom. The Hall–Kier alpha value is -0.540. The van der Waals surface area contributed by atoms with Crippen molar-refractivity contribution >= 4 is 0 Å². The summed E-state index contributed by atoms with van der Waals surface area (Å²) in [7, 11) is 0. The van der Waals surface area contributed by atoms with E-state index in [0.717, 1.165) is 6.42 Å². The number of nitrogens with one attached hydrogen (secondary N) is 1. The monoisotopic (exact) mass is 239 g/mol. The maximum Gasteiger partial charge on any atom is 0.118 e. The van der Waals surface area contributed by atoms with Crippen LogP contribution in [0.2, 0.25) is 0 Å². The fourth-order valence-corrected chi connectivity index (χ4v) is 1.99. The standard InChI is InChI=1S/C14H25NO2/c1-12(2,16)13(3,4)17-15-11-5-7-14(8-6-11)9-10-14/h5,15-16H,6-10H2,1-4H3. The fourth-order valence-electron chi connectivity index (χ4n) is 1.99. The normalized spacial score (nSPS) is 23.5. The molecule has 1 fully saturated rings. The number of hydroxylamine groups is 1. The van der Waals surface area contributed by atoms with Crippen molar-refractivity contribution < 1.29 is 9.94 Å². The van der Waals surface area contributed by atoms with Gasteiger partial charge in [-0.3, -0.25) is 10.3 Å². The highest BCUT2D eigenvalue weighted by molar-refractivity contribution is 5.11. The summed E-state index contributed by atoms with van der Waals surface area (Å²) in [4.78, 5) is 5.65. The van der Waals surface area contributed by atoms with E-state index < -0.39 is 11.2 Å². The molecule has 0 saturated heterocycles. The van der Waals surface area contributed by atoms with Gasteiger partial charge in [-0.1, -0.05) is 6.08 Å². The maximum atomic E-state index is 9.98. The Kier molecular flexibility index (Phi) is 3.03. The summed E-state index contributed by atoms with van der Waals surface area (Å²) < 4.78 is 0. The van der Waals surface area contributed by atoms with Crippen LogP contribution in [0.15, 0.2) is 11.8 Å². The second-order valence-electron chi connectivity index (χ2n) is 6.71. The van der Waals surface area contributed by atoms with Gasteiger partial charge in [0.25, 0.3) is 0 Å². The molecule has 0 aromatic rings. The van der Waals surface area contributed by atoms with Crippen molar-refractivity contribution in [1.29, 1.82) is 0 Å². The molecule has 0 bridgehead atoms. The van der Waals surface area contributed by atoms with Gasteiger partial charge in [0.2, 0.25) is 0 Å². The summed E-state index contributed by atoms with van der Waals surface area (Å²) in [6, 6.07) is 0. The number of hydrogen-bond donors (Lipinski definition) is 2.